The fraction of sp³-hybridized carbons (Fsp3) is 0.938. The molecular formula is C16H31N3O. The number of hydrogen-bond acceptors (Lipinski definition) is 4. The molecule has 0 amide bonds. The van der Waals surface area contributed by atoms with Gasteiger partial charge >= 0.3 is 0 Å². The van der Waals surface area contributed by atoms with Gasteiger partial charge in [0.2, 0.25) is 0 Å². The Bertz CT molecular complexity index is 305. The largest absolute Gasteiger partial charge is 0.373 e. The van der Waals surface area contributed by atoms with E-state index in [1.807, 2.05) is 6.92 Å². The molecule has 116 valence electrons. The lowest BCUT2D eigenvalue weighted by atomic mass is 9.96. The van der Waals surface area contributed by atoms with Crippen LogP contribution in [0.5, 0.6) is 0 Å². The number of ether oxygens (including phenoxy) is 1. The van der Waals surface area contributed by atoms with Gasteiger partial charge in [0.25, 0.3) is 0 Å². The van der Waals surface area contributed by atoms with Crippen LogP contribution in [0.2, 0.25) is 0 Å². The van der Waals surface area contributed by atoms with Crippen LogP contribution in [0.4, 0.5) is 0 Å². The van der Waals surface area contributed by atoms with Gasteiger partial charge in [-0.05, 0) is 59.5 Å². The van der Waals surface area contributed by atoms with Crippen LogP contribution < -0.4 is 5.32 Å². The van der Waals surface area contributed by atoms with Crippen LogP contribution >= 0.6 is 0 Å². The van der Waals surface area contributed by atoms with Crippen molar-refractivity contribution in [2.75, 3.05) is 26.2 Å². The average Bonchev–Trinajstić information content (AvgIpc) is 2.40. The minimum Gasteiger partial charge on any atom is -0.373 e. The normalized spacial score (nSPS) is 26.9. The molecule has 1 aliphatic heterocycles. The van der Waals surface area contributed by atoms with Crippen molar-refractivity contribution in [3.63, 3.8) is 0 Å². The minimum absolute atomic E-state index is 0.342. The van der Waals surface area contributed by atoms with E-state index < -0.39 is 0 Å². The lowest BCUT2D eigenvalue weighted by Gasteiger charge is -2.35. The predicted octanol–water partition coefficient (Wildman–Crippen LogP) is 2.55. The van der Waals surface area contributed by atoms with Gasteiger partial charge in [-0.2, -0.15) is 5.26 Å². The lowest BCUT2D eigenvalue weighted by molar-refractivity contribution is -0.0682. The Morgan fingerprint density at radius 2 is 1.95 bits per heavy atom. The molecule has 1 heterocycles. The Morgan fingerprint density at radius 1 is 1.30 bits per heavy atom. The summed E-state index contributed by atoms with van der Waals surface area (Å²) in [7, 11) is 0. The Morgan fingerprint density at radius 3 is 2.50 bits per heavy atom. The monoisotopic (exact) mass is 281 g/mol. The molecule has 0 aromatic carbocycles. The molecule has 20 heavy (non-hydrogen) atoms. The summed E-state index contributed by atoms with van der Waals surface area (Å²) < 4.78 is 5.74. The summed E-state index contributed by atoms with van der Waals surface area (Å²) in [6.45, 7) is 12.5. The summed E-state index contributed by atoms with van der Waals surface area (Å²) in [5.74, 6) is 0. The van der Waals surface area contributed by atoms with Gasteiger partial charge in [-0.15, -0.1) is 0 Å². The number of morpholine rings is 1. The summed E-state index contributed by atoms with van der Waals surface area (Å²) in [5, 5.41) is 12.6. The van der Waals surface area contributed by atoms with E-state index in [0.717, 1.165) is 51.9 Å². The van der Waals surface area contributed by atoms with Crippen molar-refractivity contribution in [2.45, 2.75) is 71.1 Å². The van der Waals surface area contributed by atoms with E-state index in [0.29, 0.717) is 12.2 Å². The van der Waals surface area contributed by atoms with Crippen LogP contribution in [-0.4, -0.2) is 48.8 Å². The number of unbranched alkanes of at least 4 members (excludes halogenated alkanes) is 1. The second kappa shape index (κ2) is 8.61. The Kier molecular flexibility index (Phi) is 7.50. The van der Waals surface area contributed by atoms with Crippen LogP contribution in [0.1, 0.15) is 53.4 Å². The van der Waals surface area contributed by atoms with Crippen LogP contribution in [0, 0.1) is 11.3 Å². The number of rotatable bonds is 8. The smallest absolute Gasteiger partial charge is 0.103 e. The fourth-order valence-corrected chi connectivity index (χ4v) is 2.87. The van der Waals surface area contributed by atoms with Crippen LogP contribution in [0.3, 0.4) is 0 Å². The van der Waals surface area contributed by atoms with Gasteiger partial charge in [-0.1, -0.05) is 6.92 Å². The van der Waals surface area contributed by atoms with Crippen molar-refractivity contribution >= 4 is 0 Å². The molecule has 0 saturated carbocycles. The first-order valence-corrected chi connectivity index (χ1v) is 8.03. The van der Waals surface area contributed by atoms with E-state index in [4.69, 9.17) is 4.74 Å². The van der Waals surface area contributed by atoms with Crippen LogP contribution in [0.15, 0.2) is 0 Å². The number of nitriles is 1. The number of nitrogens with zero attached hydrogens (tertiary/aromatic N) is 2. The summed E-state index contributed by atoms with van der Waals surface area (Å²) in [5.41, 5.74) is -0.360. The lowest BCUT2D eigenvalue weighted by Crippen LogP contribution is -2.45. The molecule has 0 aromatic heterocycles. The second-order valence-electron chi connectivity index (χ2n) is 6.34. The quantitative estimate of drug-likeness (QED) is 0.695. The van der Waals surface area contributed by atoms with Gasteiger partial charge in [0.15, 0.2) is 0 Å². The van der Waals surface area contributed by atoms with Gasteiger partial charge in [0.05, 0.1) is 18.3 Å². The van der Waals surface area contributed by atoms with E-state index in [9.17, 15) is 5.26 Å². The van der Waals surface area contributed by atoms with Crippen molar-refractivity contribution in [2.24, 2.45) is 0 Å². The second-order valence-corrected chi connectivity index (χ2v) is 6.34. The maximum atomic E-state index is 9.29. The third-order valence-corrected chi connectivity index (χ3v) is 3.91. The van der Waals surface area contributed by atoms with E-state index in [-0.39, 0.29) is 5.54 Å². The topological polar surface area (TPSA) is 48.3 Å². The molecule has 0 radical (unpaired) electrons. The van der Waals surface area contributed by atoms with Crippen molar-refractivity contribution in [1.82, 2.24) is 10.2 Å². The SMILES string of the molecule is CCCNC(C)(C#N)CCCCN1CC(C)OC(C)C1. The first-order chi connectivity index (χ1) is 9.49. The van der Waals surface area contributed by atoms with Crippen molar-refractivity contribution < 1.29 is 4.74 Å². The van der Waals surface area contributed by atoms with Crippen molar-refractivity contribution in [3.05, 3.63) is 0 Å². The highest BCUT2D eigenvalue weighted by atomic mass is 16.5. The average molecular weight is 281 g/mol. The Balaban J connectivity index is 2.22. The molecule has 0 spiro atoms. The van der Waals surface area contributed by atoms with Gasteiger partial charge < -0.3 is 4.74 Å². The third kappa shape index (κ3) is 6.21. The Labute approximate surface area is 124 Å². The highest BCUT2D eigenvalue weighted by molar-refractivity contribution is 5.03. The first-order valence-electron chi connectivity index (χ1n) is 8.03. The zero-order chi connectivity index (χ0) is 15.0. The predicted molar refractivity (Wildman–Crippen MR) is 82.6 cm³/mol. The number of hydrogen-bond donors (Lipinski definition) is 1. The highest BCUT2D eigenvalue weighted by Gasteiger charge is 2.23. The molecule has 3 unspecified atom stereocenters. The molecule has 1 rings (SSSR count). The van der Waals surface area contributed by atoms with Crippen molar-refractivity contribution in [1.29, 1.82) is 5.26 Å². The molecule has 0 aromatic rings. The summed E-state index contributed by atoms with van der Waals surface area (Å²) in [4.78, 5) is 2.49. The molecule has 0 aliphatic carbocycles. The van der Waals surface area contributed by atoms with Gasteiger partial charge in [-0.25, -0.2) is 0 Å². The third-order valence-electron chi connectivity index (χ3n) is 3.91. The molecule has 1 saturated heterocycles. The standard InChI is InChI=1S/C16H31N3O/c1-5-9-18-16(4,13-17)8-6-7-10-19-11-14(2)20-15(3)12-19/h14-15,18H,5-12H2,1-4H3. The van der Waals surface area contributed by atoms with Gasteiger partial charge in [-0.3, -0.25) is 10.2 Å². The van der Waals surface area contributed by atoms with E-state index in [1.54, 1.807) is 0 Å². The van der Waals surface area contributed by atoms with Crippen LogP contribution in [-0.2, 0) is 4.74 Å². The van der Waals surface area contributed by atoms with E-state index in [1.165, 1.54) is 0 Å². The molecule has 1 N–H and O–H groups in total. The van der Waals surface area contributed by atoms with Crippen LogP contribution in [0.25, 0.3) is 0 Å². The van der Waals surface area contributed by atoms with Gasteiger partial charge in [0.1, 0.15) is 5.54 Å². The zero-order valence-electron chi connectivity index (χ0n) is 13.6. The summed E-state index contributed by atoms with van der Waals surface area (Å²) in [6.07, 6.45) is 4.94. The van der Waals surface area contributed by atoms with Gasteiger partial charge in [0, 0.05) is 13.1 Å². The molecule has 4 nitrogen and oxygen atoms in total. The maximum absolute atomic E-state index is 9.29. The van der Waals surface area contributed by atoms with Crippen molar-refractivity contribution in [3.8, 4) is 6.07 Å². The number of nitrogens with one attached hydrogen (secondary N) is 1. The molecule has 0 bridgehead atoms. The fourth-order valence-electron chi connectivity index (χ4n) is 2.87. The molecule has 3 atom stereocenters. The van der Waals surface area contributed by atoms with E-state index in [2.05, 4.69) is 37.1 Å². The molecule has 1 fully saturated rings. The minimum atomic E-state index is -0.360. The molecular weight excluding hydrogens is 250 g/mol. The molecule has 1 aliphatic rings. The maximum Gasteiger partial charge on any atom is 0.103 e. The molecule has 4 heteroatoms. The Hall–Kier alpha value is -0.630. The highest BCUT2D eigenvalue weighted by Crippen LogP contribution is 2.15. The first kappa shape index (κ1) is 17.4. The zero-order valence-corrected chi connectivity index (χ0v) is 13.6. The summed E-state index contributed by atoms with van der Waals surface area (Å²) >= 11 is 0. The summed E-state index contributed by atoms with van der Waals surface area (Å²) in [6, 6.07) is 2.42. The van der Waals surface area contributed by atoms with E-state index >= 15 is 0 Å².